The van der Waals surface area contributed by atoms with E-state index < -0.39 is 10.0 Å². The first-order chi connectivity index (χ1) is 12.6. The van der Waals surface area contributed by atoms with E-state index in [-0.39, 0.29) is 23.9 Å². The van der Waals surface area contributed by atoms with E-state index in [1.54, 1.807) is 16.7 Å². The van der Waals surface area contributed by atoms with Crippen molar-refractivity contribution in [2.75, 3.05) is 5.75 Å². The van der Waals surface area contributed by atoms with Crippen molar-refractivity contribution < 1.29 is 13.2 Å². The number of aryl methyl sites for hydroxylation is 1. The molecule has 1 aromatic heterocycles. The number of nitrogens with zero attached hydrogens (tertiary/aromatic N) is 2. The second kappa shape index (κ2) is 7.37. The minimum Gasteiger partial charge on any atom is -0.489 e. The summed E-state index contributed by atoms with van der Waals surface area (Å²) in [5.74, 6) is 0.940. The van der Waals surface area contributed by atoms with Crippen LogP contribution >= 0.6 is 0 Å². The van der Waals surface area contributed by atoms with Gasteiger partial charge in [-0.15, -0.1) is 0 Å². The maximum absolute atomic E-state index is 13.0. The predicted molar refractivity (Wildman–Crippen MR) is 100 cm³/mol. The number of benzene rings is 1. The number of aromatic nitrogens is 1. The summed E-state index contributed by atoms with van der Waals surface area (Å²) >= 11 is 0. The Hall–Kier alpha value is -1.92. The lowest BCUT2D eigenvalue weighted by Crippen LogP contribution is -2.50. The van der Waals surface area contributed by atoms with Crippen LogP contribution in [0.4, 0.5) is 0 Å². The first-order valence-electron chi connectivity index (χ1n) is 9.23. The van der Waals surface area contributed by atoms with Gasteiger partial charge in [-0.3, -0.25) is 4.98 Å². The molecule has 2 aliphatic heterocycles. The number of ether oxygens (including phenoxy) is 1. The summed E-state index contributed by atoms with van der Waals surface area (Å²) in [6, 6.07) is 13.7. The van der Waals surface area contributed by atoms with Crippen molar-refractivity contribution in [3.05, 3.63) is 60.4 Å². The molecule has 2 saturated heterocycles. The number of pyridine rings is 1. The molecule has 3 heterocycles. The van der Waals surface area contributed by atoms with E-state index in [4.69, 9.17) is 4.74 Å². The molecule has 0 aliphatic carbocycles. The molecular weight excluding hydrogens is 348 g/mol. The quantitative estimate of drug-likeness (QED) is 0.782. The summed E-state index contributed by atoms with van der Waals surface area (Å²) in [6.07, 6.45) is 7.45. The zero-order valence-corrected chi connectivity index (χ0v) is 15.5. The Morgan fingerprint density at radius 2 is 1.77 bits per heavy atom. The molecule has 5 nitrogen and oxygen atoms in total. The topological polar surface area (TPSA) is 59.5 Å². The van der Waals surface area contributed by atoms with Crippen LogP contribution < -0.4 is 4.74 Å². The third-order valence-electron chi connectivity index (χ3n) is 5.37. The minimum absolute atomic E-state index is 0.0659. The zero-order chi connectivity index (χ0) is 18.0. The molecule has 0 amide bonds. The number of hydrogen-bond acceptors (Lipinski definition) is 4. The van der Waals surface area contributed by atoms with Crippen LogP contribution in [0.15, 0.2) is 54.9 Å². The Balaban J connectivity index is 1.41. The smallest absolute Gasteiger partial charge is 0.214 e. The van der Waals surface area contributed by atoms with Crippen molar-refractivity contribution in [2.24, 2.45) is 0 Å². The normalized spacial score (nSPS) is 25.9. The highest BCUT2D eigenvalue weighted by Crippen LogP contribution is 2.39. The lowest BCUT2D eigenvalue weighted by atomic mass is 10.0. The van der Waals surface area contributed by atoms with Crippen LogP contribution in [0.5, 0.6) is 5.75 Å². The summed E-state index contributed by atoms with van der Waals surface area (Å²) in [7, 11) is -3.25. The summed E-state index contributed by atoms with van der Waals surface area (Å²) in [6.45, 7) is 0. The summed E-state index contributed by atoms with van der Waals surface area (Å²) < 4.78 is 33.8. The zero-order valence-electron chi connectivity index (χ0n) is 14.7. The third-order valence-corrected chi connectivity index (χ3v) is 7.33. The molecule has 26 heavy (non-hydrogen) atoms. The van der Waals surface area contributed by atoms with Crippen molar-refractivity contribution in [1.29, 1.82) is 0 Å². The van der Waals surface area contributed by atoms with Gasteiger partial charge >= 0.3 is 0 Å². The van der Waals surface area contributed by atoms with Gasteiger partial charge in [-0.05, 0) is 37.0 Å². The SMILES string of the molecule is O=S(=O)(CCc1ccccc1)N1C2CCC1CC(Oc1cccnc1)C2. The molecule has 0 spiro atoms. The van der Waals surface area contributed by atoms with Crippen LogP contribution in [0, 0.1) is 0 Å². The summed E-state index contributed by atoms with van der Waals surface area (Å²) in [4.78, 5) is 4.08. The number of rotatable bonds is 6. The maximum atomic E-state index is 13.0. The fourth-order valence-electron chi connectivity index (χ4n) is 4.24. The van der Waals surface area contributed by atoms with Crippen molar-refractivity contribution in [1.82, 2.24) is 9.29 Å². The van der Waals surface area contributed by atoms with Crippen LogP contribution in [-0.4, -0.2) is 41.6 Å². The molecule has 2 unspecified atom stereocenters. The van der Waals surface area contributed by atoms with Crippen LogP contribution in [0.1, 0.15) is 31.2 Å². The predicted octanol–water partition coefficient (Wildman–Crippen LogP) is 3.03. The first-order valence-corrected chi connectivity index (χ1v) is 10.8. The lowest BCUT2D eigenvalue weighted by Gasteiger charge is -2.37. The van der Waals surface area contributed by atoms with Gasteiger partial charge in [0.25, 0.3) is 0 Å². The van der Waals surface area contributed by atoms with Gasteiger partial charge < -0.3 is 4.74 Å². The Kier molecular flexibility index (Phi) is 4.96. The second-order valence-corrected chi connectivity index (χ2v) is 9.16. The molecule has 0 N–H and O–H groups in total. The van der Waals surface area contributed by atoms with E-state index in [0.717, 1.165) is 37.0 Å². The molecular formula is C20H24N2O3S. The van der Waals surface area contributed by atoms with Gasteiger partial charge in [-0.25, -0.2) is 8.42 Å². The Morgan fingerprint density at radius 1 is 1.04 bits per heavy atom. The molecule has 138 valence electrons. The number of piperidine rings is 1. The average molecular weight is 372 g/mol. The molecule has 4 rings (SSSR count). The van der Waals surface area contributed by atoms with Crippen molar-refractivity contribution in [3.63, 3.8) is 0 Å². The van der Waals surface area contributed by atoms with Gasteiger partial charge in [0.1, 0.15) is 11.9 Å². The fourth-order valence-corrected chi connectivity index (χ4v) is 6.24. The third kappa shape index (κ3) is 3.76. The molecule has 2 aliphatic rings. The van der Waals surface area contributed by atoms with E-state index in [1.807, 2.05) is 42.5 Å². The molecule has 2 aromatic rings. The van der Waals surface area contributed by atoms with E-state index in [9.17, 15) is 8.42 Å². The molecule has 1 aromatic carbocycles. The summed E-state index contributed by atoms with van der Waals surface area (Å²) in [5.41, 5.74) is 1.07. The van der Waals surface area contributed by atoms with E-state index in [2.05, 4.69) is 4.98 Å². The number of sulfonamides is 1. The molecule has 0 saturated carbocycles. The number of fused-ring (bicyclic) bond motifs is 2. The highest BCUT2D eigenvalue weighted by atomic mass is 32.2. The summed E-state index contributed by atoms with van der Waals surface area (Å²) in [5, 5.41) is 0. The van der Waals surface area contributed by atoms with Gasteiger partial charge in [0.2, 0.25) is 10.0 Å². The van der Waals surface area contributed by atoms with Crippen LogP contribution in [0.25, 0.3) is 0 Å². The molecule has 6 heteroatoms. The Morgan fingerprint density at radius 3 is 2.42 bits per heavy atom. The molecule has 2 fully saturated rings. The Bertz CT molecular complexity index is 813. The number of hydrogen-bond donors (Lipinski definition) is 0. The highest BCUT2D eigenvalue weighted by molar-refractivity contribution is 7.89. The molecule has 0 radical (unpaired) electrons. The van der Waals surface area contributed by atoms with Gasteiger partial charge in [0, 0.05) is 31.1 Å². The van der Waals surface area contributed by atoms with E-state index >= 15 is 0 Å². The highest BCUT2D eigenvalue weighted by Gasteiger charge is 2.47. The van der Waals surface area contributed by atoms with Crippen LogP contribution in [0.3, 0.4) is 0 Å². The lowest BCUT2D eigenvalue weighted by molar-refractivity contribution is 0.0954. The molecule has 2 atom stereocenters. The average Bonchev–Trinajstić information content (AvgIpc) is 2.94. The maximum Gasteiger partial charge on any atom is 0.214 e. The van der Waals surface area contributed by atoms with Gasteiger partial charge in [-0.1, -0.05) is 30.3 Å². The largest absolute Gasteiger partial charge is 0.489 e. The van der Waals surface area contributed by atoms with Crippen LogP contribution in [0.2, 0.25) is 0 Å². The van der Waals surface area contributed by atoms with Crippen molar-refractivity contribution in [3.8, 4) is 5.75 Å². The first kappa shape index (κ1) is 17.5. The van der Waals surface area contributed by atoms with Gasteiger partial charge in [-0.2, -0.15) is 4.31 Å². The minimum atomic E-state index is -3.25. The second-order valence-electron chi connectivity index (χ2n) is 7.17. The van der Waals surface area contributed by atoms with Gasteiger partial charge in [0.15, 0.2) is 0 Å². The fraction of sp³-hybridized carbons (Fsp3) is 0.450. The Labute approximate surface area is 155 Å². The van der Waals surface area contributed by atoms with Crippen LogP contribution in [-0.2, 0) is 16.4 Å². The van der Waals surface area contributed by atoms with Crippen molar-refractivity contribution >= 4 is 10.0 Å². The van der Waals surface area contributed by atoms with Crippen molar-refractivity contribution in [2.45, 2.75) is 50.3 Å². The molecule has 2 bridgehead atoms. The van der Waals surface area contributed by atoms with Gasteiger partial charge in [0.05, 0.1) is 11.9 Å². The van der Waals surface area contributed by atoms with E-state index in [0.29, 0.717) is 6.42 Å². The van der Waals surface area contributed by atoms with E-state index in [1.165, 1.54) is 0 Å². The monoisotopic (exact) mass is 372 g/mol. The standard InChI is InChI=1S/C20H24N2O3S/c23-26(24,12-10-16-5-2-1-3-6-16)22-17-8-9-18(22)14-20(13-17)25-19-7-4-11-21-15-19/h1-7,11,15,17-18,20H,8-10,12-14H2.